The first-order chi connectivity index (χ1) is 11.1. The third kappa shape index (κ3) is 3.08. The molecular formula is C16H18N4O3. The number of nitrogens with zero attached hydrogens (tertiary/aromatic N) is 3. The molecule has 23 heavy (non-hydrogen) atoms. The normalized spacial score (nSPS) is 15.6. The Morgan fingerprint density at radius 3 is 2.70 bits per heavy atom. The van der Waals surface area contributed by atoms with Gasteiger partial charge >= 0.3 is 0 Å². The van der Waals surface area contributed by atoms with E-state index in [4.69, 9.17) is 0 Å². The fourth-order valence-electron chi connectivity index (χ4n) is 2.78. The van der Waals surface area contributed by atoms with Crippen molar-refractivity contribution in [1.29, 1.82) is 0 Å². The second-order valence-corrected chi connectivity index (χ2v) is 5.66. The van der Waals surface area contributed by atoms with Gasteiger partial charge in [0.2, 0.25) is 5.91 Å². The van der Waals surface area contributed by atoms with Crippen LogP contribution in [-0.4, -0.2) is 45.2 Å². The number of hydrogen-bond acceptors (Lipinski definition) is 4. The number of rotatable bonds is 2. The Morgan fingerprint density at radius 2 is 2.00 bits per heavy atom. The van der Waals surface area contributed by atoms with E-state index in [9.17, 15) is 14.4 Å². The van der Waals surface area contributed by atoms with Crippen molar-refractivity contribution < 1.29 is 9.59 Å². The van der Waals surface area contributed by atoms with Crippen molar-refractivity contribution in [2.45, 2.75) is 25.8 Å². The number of nitrogens with one attached hydrogen (secondary N) is 1. The minimum absolute atomic E-state index is 0.0303. The Bertz CT molecular complexity index is 806. The molecule has 0 bridgehead atoms. The fourth-order valence-corrected chi connectivity index (χ4v) is 2.78. The number of carbonyl (C=O) groups excluding carboxylic acids is 2. The lowest BCUT2D eigenvalue weighted by atomic mass is 10.0. The predicted octanol–water partition coefficient (Wildman–Crippen LogP) is 0.435. The zero-order valence-electron chi connectivity index (χ0n) is 12.9. The number of hydrogen-bond donors (Lipinski definition) is 1. The van der Waals surface area contributed by atoms with Crippen LogP contribution in [0.15, 0.2) is 35.4 Å². The molecule has 0 atom stereocenters. The number of piperidine rings is 1. The Hall–Kier alpha value is -2.70. The molecule has 0 aromatic carbocycles. The third-order valence-electron chi connectivity index (χ3n) is 4.13. The quantitative estimate of drug-likeness (QED) is 0.871. The molecule has 1 saturated heterocycles. The molecular weight excluding hydrogens is 296 g/mol. The largest absolute Gasteiger partial charge is 0.349 e. The standard InChI is InChI=1S/C16H18N4O3/c1-11(21)19-8-5-12(6-9-19)18-15(22)13-10-17-14-4-2-3-7-20(14)16(13)23/h2-4,7,10,12H,5-6,8-9H2,1H3,(H,18,22). The molecule has 7 heteroatoms. The van der Waals surface area contributed by atoms with Crippen LogP contribution in [0.1, 0.15) is 30.1 Å². The maximum Gasteiger partial charge on any atom is 0.270 e. The molecule has 1 aliphatic heterocycles. The van der Waals surface area contributed by atoms with Crippen molar-refractivity contribution in [2.24, 2.45) is 0 Å². The van der Waals surface area contributed by atoms with Gasteiger partial charge in [-0.25, -0.2) is 4.98 Å². The van der Waals surface area contributed by atoms with Gasteiger partial charge in [-0.15, -0.1) is 0 Å². The SMILES string of the molecule is CC(=O)N1CCC(NC(=O)c2cnc3ccccn3c2=O)CC1. The molecule has 0 radical (unpaired) electrons. The molecule has 7 nitrogen and oxygen atoms in total. The van der Waals surface area contributed by atoms with Gasteiger partial charge < -0.3 is 10.2 Å². The van der Waals surface area contributed by atoms with E-state index < -0.39 is 5.91 Å². The lowest BCUT2D eigenvalue weighted by Gasteiger charge is -2.31. The molecule has 0 spiro atoms. The highest BCUT2D eigenvalue weighted by molar-refractivity contribution is 5.94. The minimum Gasteiger partial charge on any atom is -0.349 e. The monoisotopic (exact) mass is 314 g/mol. The maximum absolute atomic E-state index is 12.4. The molecule has 0 unspecified atom stereocenters. The predicted molar refractivity (Wildman–Crippen MR) is 84.2 cm³/mol. The summed E-state index contributed by atoms with van der Waals surface area (Å²) in [6, 6.07) is 5.18. The lowest BCUT2D eigenvalue weighted by molar-refractivity contribution is -0.129. The molecule has 1 aliphatic rings. The molecule has 0 aliphatic carbocycles. The van der Waals surface area contributed by atoms with Gasteiger partial charge in [-0.05, 0) is 25.0 Å². The van der Waals surface area contributed by atoms with Crippen molar-refractivity contribution >= 4 is 17.5 Å². The number of carbonyl (C=O) groups is 2. The molecule has 2 aromatic rings. The Balaban J connectivity index is 1.73. The van der Waals surface area contributed by atoms with Crippen LogP contribution in [0.2, 0.25) is 0 Å². The number of fused-ring (bicyclic) bond motifs is 1. The average molecular weight is 314 g/mol. The first-order valence-electron chi connectivity index (χ1n) is 7.59. The van der Waals surface area contributed by atoms with Crippen LogP contribution in [0, 0.1) is 0 Å². The van der Waals surface area contributed by atoms with Gasteiger partial charge in [0.15, 0.2) is 0 Å². The van der Waals surface area contributed by atoms with Crippen LogP contribution in [-0.2, 0) is 4.79 Å². The Labute approximate surface area is 132 Å². The average Bonchev–Trinajstić information content (AvgIpc) is 2.56. The van der Waals surface area contributed by atoms with Crippen molar-refractivity contribution in [3.05, 3.63) is 46.5 Å². The minimum atomic E-state index is -0.415. The van der Waals surface area contributed by atoms with E-state index in [-0.39, 0.29) is 23.1 Å². The van der Waals surface area contributed by atoms with Crippen LogP contribution >= 0.6 is 0 Å². The van der Waals surface area contributed by atoms with Crippen molar-refractivity contribution in [2.75, 3.05) is 13.1 Å². The summed E-state index contributed by atoms with van der Waals surface area (Å²) < 4.78 is 1.35. The molecule has 1 fully saturated rings. The summed E-state index contributed by atoms with van der Waals surface area (Å²) >= 11 is 0. The van der Waals surface area contributed by atoms with Gasteiger partial charge in [0.1, 0.15) is 11.2 Å². The third-order valence-corrected chi connectivity index (χ3v) is 4.13. The van der Waals surface area contributed by atoms with Gasteiger partial charge in [-0.2, -0.15) is 0 Å². The molecule has 2 amide bonds. The summed E-state index contributed by atoms with van der Waals surface area (Å²) in [5, 5.41) is 2.87. The molecule has 0 saturated carbocycles. The highest BCUT2D eigenvalue weighted by Crippen LogP contribution is 2.11. The van der Waals surface area contributed by atoms with Crippen LogP contribution in [0.25, 0.3) is 5.65 Å². The van der Waals surface area contributed by atoms with E-state index in [1.54, 1.807) is 36.2 Å². The van der Waals surface area contributed by atoms with Gasteiger partial charge in [-0.3, -0.25) is 18.8 Å². The van der Waals surface area contributed by atoms with E-state index >= 15 is 0 Å². The van der Waals surface area contributed by atoms with Crippen molar-refractivity contribution in [3.8, 4) is 0 Å². The summed E-state index contributed by atoms with van der Waals surface area (Å²) in [4.78, 5) is 41.9. The highest BCUT2D eigenvalue weighted by Gasteiger charge is 2.23. The van der Waals surface area contributed by atoms with E-state index in [2.05, 4.69) is 10.3 Å². The highest BCUT2D eigenvalue weighted by atomic mass is 16.2. The zero-order valence-corrected chi connectivity index (χ0v) is 12.9. The maximum atomic E-state index is 12.4. The molecule has 3 rings (SSSR count). The van der Waals surface area contributed by atoms with Crippen LogP contribution in [0.3, 0.4) is 0 Å². The van der Waals surface area contributed by atoms with E-state index in [1.165, 1.54) is 10.6 Å². The van der Waals surface area contributed by atoms with E-state index in [0.717, 1.165) is 0 Å². The summed E-state index contributed by atoms with van der Waals surface area (Å²) in [7, 11) is 0. The second-order valence-electron chi connectivity index (χ2n) is 5.66. The smallest absolute Gasteiger partial charge is 0.270 e. The first kappa shape index (κ1) is 15.2. The van der Waals surface area contributed by atoms with Gasteiger partial charge in [-0.1, -0.05) is 6.07 Å². The lowest BCUT2D eigenvalue weighted by Crippen LogP contribution is -2.46. The molecule has 120 valence electrons. The number of aromatic nitrogens is 2. The van der Waals surface area contributed by atoms with Gasteiger partial charge in [0.05, 0.1) is 0 Å². The zero-order chi connectivity index (χ0) is 16.4. The number of likely N-dealkylation sites (tertiary alicyclic amines) is 1. The molecule has 1 N–H and O–H groups in total. The second kappa shape index (κ2) is 6.20. The molecule has 3 heterocycles. The van der Waals surface area contributed by atoms with Crippen molar-refractivity contribution in [1.82, 2.24) is 19.6 Å². The fraction of sp³-hybridized carbons (Fsp3) is 0.375. The summed E-state index contributed by atoms with van der Waals surface area (Å²) in [5.41, 5.74) is 0.154. The van der Waals surface area contributed by atoms with Crippen molar-refractivity contribution in [3.63, 3.8) is 0 Å². The first-order valence-corrected chi connectivity index (χ1v) is 7.59. The number of pyridine rings is 1. The van der Waals surface area contributed by atoms with E-state index in [0.29, 0.717) is 31.6 Å². The summed E-state index contributed by atoms with van der Waals surface area (Å²) in [6.07, 6.45) is 4.28. The summed E-state index contributed by atoms with van der Waals surface area (Å²) in [5.74, 6) is -0.367. The summed E-state index contributed by atoms with van der Waals surface area (Å²) in [6.45, 7) is 2.78. The Kier molecular flexibility index (Phi) is 4.10. The Morgan fingerprint density at radius 1 is 1.26 bits per heavy atom. The number of amides is 2. The van der Waals surface area contributed by atoms with Crippen LogP contribution in [0.5, 0.6) is 0 Å². The molecule has 2 aromatic heterocycles. The van der Waals surface area contributed by atoms with Crippen LogP contribution < -0.4 is 10.9 Å². The van der Waals surface area contributed by atoms with Crippen LogP contribution in [0.4, 0.5) is 0 Å². The topological polar surface area (TPSA) is 83.8 Å². The van der Waals surface area contributed by atoms with Gasteiger partial charge in [0, 0.05) is 38.4 Å². The van der Waals surface area contributed by atoms with Gasteiger partial charge in [0.25, 0.3) is 11.5 Å². The van der Waals surface area contributed by atoms with E-state index in [1.807, 2.05) is 0 Å².